The molecule has 2 aromatic carbocycles. The number of amides is 1. The second-order valence-corrected chi connectivity index (χ2v) is 6.59. The largest absolute Gasteiger partial charge is 0.454 e. The number of hydrogen-bond donors (Lipinski definition) is 0. The molecule has 1 aliphatic heterocycles. The van der Waals surface area contributed by atoms with Crippen LogP contribution in [-0.4, -0.2) is 22.6 Å². The van der Waals surface area contributed by atoms with Crippen LogP contribution in [0.25, 0.3) is 0 Å². The van der Waals surface area contributed by atoms with Gasteiger partial charge in [-0.25, -0.2) is 4.98 Å². The van der Waals surface area contributed by atoms with E-state index in [0.29, 0.717) is 30.3 Å². The van der Waals surface area contributed by atoms with Crippen LogP contribution in [0.2, 0.25) is 0 Å². The summed E-state index contributed by atoms with van der Waals surface area (Å²) in [5.41, 5.74) is 3.53. The predicted octanol–water partition coefficient (Wildman–Crippen LogP) is 3.86. The van der Waals surface area contributed by atoms with Crippen molar-refractivity contribution in [2.24, 2.45) is 0 Å². The zero-order valence-electron chi connectivity index (χ0n) is 15.3. The van der Waals surface area contributed by atoms with E-state index in [1.807, 2.05) is 49.4 Å². The molecule has 6 heteroatoms. The van der Waals surface area contributed by atoms with Gasteiger partial charge in [-0.05, 0) is 37.1 Å². The van der Waals surface area contributed by atoms with Crippen molar-refractivity contribution in [1.29, 1.82) is 0 Å². The predicted molar refractivity (Wildman–Crippen MR) is 98.6 cm³/mol. The highest BCUT2D eigenvalue weighted by Crippen LogP contribution is 2.33. The van der Waals surface area contributed by atoms with Crippen LogP contribution >= 0.6 is 0 Å². The summed E-state index contributed by atoms with van der Waals surface area (Å²) in [6.45, 7) is 4.90. The number of carbonyl (C=O) groups excluding carboxylic acids is 1. The van der Waals surface area contributed by atoms with Crippen LogP contribution in [0.4, 0.5) is 0 Å². The number of rotatable bonds is 5. The Bertz CT molecular complexity index is 963. The van der Waals surface area contributed by atoms with Crippen LogP contribution in [0.3, 0.4) is 0 Å². The Kier molecular flexibility index (Phi) is 4.54. The number of nitrogens with zero attached hydrogens (tertiary/aromatic N) is 2. The molecular weight excluding hydrogens is 344 g/mol. The number of hydrogen-bond acceptors (Lipinski definition) is 5. The maximum absolute atomic E-state index is 13.1. The summed E-state index contributed by atoms with van der Waals surface area (Å²) < 4.78 is 16.0. The van der Waals surface area contributed by atoms with Gasteiger partial charge in [-0.2, -0.15) is 0 Å². The van der Waals surface area contributed by atoms with Crippen LogP contribution < -0.4 is 9.47 Å². The van der Waals surface area contributed by atoms with Gasteiger partial charge in [-0.15, -0.1) is 0 Å². The first-order valence-electron chi connectivity index (χ1n) is 8.73. The summed E-state index contributed by atoms with van der Waals surface area (Å²) in [6, 6.07) is 13.9. The highest BCUT2D eigenvalue weighted by atomic mass is 16.7. The molecule has 27 heavy (non-hydrogen) atoms. The number of aryl methyl sites for hydroxylation is 2. The van der Waals surface area contributed by atoms with E-state index in [1.165, 1.54) is 12.0 Å². The number of fused-ring (bicyclic) bond motifs is 1. The third-order valence-electron chi connectivity index (χ3n) is 4.54. The number of aromatic nitrogens is 1. The van der Waals surface area contributed by atoms with Crippen molar-refractivity contribution >= 4 is 5.91 Å². The van der Waals surface area contributed by atoms with Gasteiger partial charge < -0.3 is 18.8 Å². The zero-order chi connectivity index (χ0) is 18.8. The Morgan fingerprint density at radius 2 is 1.70 bits per heavy atom. The number of carbonyl (C=O) groups is 1. The minimum Gasteiger partial charge on any atom is -0.454 e. The second kappa shape index (κ2) is 7.15. The summed E-state index contributed by atoms with van der Waals surface area (Å²) in [4.78, 5) is 18.9. The molecule has 6 nitrogen and oxygen atoms in total. The highest BCUT2D eigenvalue weighted by molar-refractivity contribution is 5.93. The lowest BCUT2D eigenvalue weighted by Gasteiger charge is -2.22. The highest BCUT2D eigenvalue weighted by Gasteiger charge is 2.23. The third-order valence-corrected chi connectivity index (χ3v) is 4.54. The maximum Gasteiger partial charge on any atom is 0.276 e. The molecule has 0 atom stereocenters. The smallest absolute Gasteiger partial charge is 0.276 e. The molecule has 0 spiro atoms. The molecule has 0 bridgehead atoms. The van der Waals surface area contributed by atoms with Crippen molar-refractivity contribution in [3.8, 4) is 11.5 Å². The van der Waals surface area contributed by atoms with Crippen LogP contribution in [-0.2, 0) is 13.1 Å². The summed E-state index contributed by atoms with van der Waals surface area (Å²) in [5.74, 6) is 1.77. The van der Waals surface area contributed by atoms with Gasteiger partial charge in [0.2, 0.25) is 6.79 Å². The third kappa shape index (κ3) is 3.65. The van der Waals surface area contributed by atoms with Gasteiger partial charge in [-0.3, -0.25) is 4.79 Å². The standard InChI is InChI=1S/C21H20N2O4/c1-14-3-5-16(6-4-14)10-23(21(24)20-15(2)25-12-22-20)11-17-7-8-18-19(9-17)27-13-26-18/h3-9,12H,10-11,13H2,1-2H3. The molecule has 1 amide bonds. The van der Waals surface area contributed by atoms with E-state index in [2.05, 4.69) is 4.98 Å². The van der Waals surface area contributed by atoms with Crippen molar-refractivity contribution in [3.63, 3.8) is 0 Å². The lowest BCUT2D eigenvalue weighted by Crippen LogP contribution is -2.30. The summed E-state index contributed by atoms with van der Waals surface area (Å²) in [7, 11) is 0. The van der Waals surface area contributed by atoms with Crippen molar-refractivity contribution in [2.75, 3.05) is 6.79 Å². The molecule has 1 aromatic heterocycles. The van der Waals surface area contributed by atoms with Crippen molar-refractivity contribution in [1.82, 2.24) is 9.88 Å². The van der Waals surface area contributed by atoms with E-state index < -0.39 is 0 Å². The van der Waals surface area contributed by atoms with Gasteiger partial charge in [0.05, 0.1) is 0 Å². The molecule has 0 radical (unpaired) electrons. The van der Waals surface area contributed by atoms with E-state index in [1.54, 1.807) is 11.8 Å². The van der Waals surface area contributed by atoms with Crippen molar-refractivity contribution < 1.29 is 18.7 Å². The molecule has 0 aliphatic carbocycles. The van der Waals surface area contributed by atoms with Crippen molar-refractivity contribution in [2.45, 2.75) is 26.9 Å². The van der Waals surface area contributed by atoms with Gasteiger partial charge >= 0.3 is 0 Å². The topological polar surface area (TPSA) is 64.8 Å². The second-order valence-electron chi connectivity index (χ2n) is 6.59. The van der Waals surface area contributed by atoms with Crippen molar-refractivity contribution in [3.05, 3.63) is 77.0 Å². The van der Waals surface area contributed by atoms with Crippen LogP contribution in [0.15, 0.2) is 53.3 Å². The van der Waals surface area contributed by atoms with E-state index >= 15 is 0 Å². The first-order valence-corrected chi connectivity index (χ1v) is 8.73. The number of oxazole rings is 1. The number of benzene rings is 2. The average molecular weight is 364 g/mol. The normalized spacial score (nSPS) is 12.2. The Morgan fingerprint density at radius 3 is 2.44 bits per heavy atom. The lowest BCUT2D eigenvalue weighted by molar-refractivity contribution is 0.0722. The van der Waals surface area contributed by atoms with Gasteiger partial charge in [0.1, 0.15) is 5.76 Å². The first-order chi connectivity index (χ1) is 13.1. The van der Waals surface area contributed by atoms with E-state index in [9.17, 15) is 4.79 Å². The molecule has 0 unspecified atom stereocenters. The molecule has 0 fully saturated rings. The monoisotopic (exact) mass is 364 g/mol. The number of ether oxygens (including phenoxy) is 2. The van der Waals surface area contributed by atoms with Gasteiger partial charge in [0.25, 0.3) is 5.91 Å². The Morgan fingerprint density at radius 1 is 1.00 bits per heavy atom. The summed E-state index contributed by atoms with van der Waals surface area (Å²) in [5, 5.41) is 0. The van der Waals surface area contributed by atoms with E-state index in [-0.39, 0.29) is 12.7 Å². The maximum atomic E-state index is 13.1. The van der Waals surface area contributed by atoms with Gasteiger partial charge in [0, 0.05) is 13.1 Å². The lowest BCUT2D eigenvalue weighted by atomic mass is 10.1. The van der Waals surface area contributed by atoms with Crippen LogP contribution in [0, 0.1) is 13.8 Å². The molecule has 0 saturated heterocycles. The molecule has 0 N–H and O–H groups in total. The molecule has 2 heterocycles. The Labute approximate surface area is 157 Å². The SMILES string of the molecule is Cc1ccc(CN(Cc2ccc3c(c2)OCO3)C(=O)c2ncoc2C)cc1. The van der Waals surface area contributed by atoms with Crippen LogP contribution in [0.1, 0.15) is 32.9 Å². The Hall–Kier alpha value is -3.28. The summed E-state index contributed by atoms with van der Waals surface area (Å²) in [6.07, 6.45) is 1.30. The average Bonchev–Trinajstić information content (AvgIpc) is 3.30. The van der Waals surface area contributed by atoms with Crippen LogP contribution in [0.5, 0.6) is 11.5 Å². The van der Waals surface area contributed by atoms with Gasteiger partial charge in [0.15, 0.2) is 23.6 Å². The Balaban J connectivity index is 1.61. The molecule has 4 rings (SSSR count). The van der Waals surface area contributed by atoms with E-state index in [0.717, 1.165) is 16.9 Å². The summed E-state index contributed by atoms with van der Waals surface area (Å²) >= 11 is 0. The first kappa shape index (κ1) is 17.1. The molecule has 3 aromatic rings. The molecule has 1 aliphatic rings. The fourth-order valence-electron chi connectivity index (χ4n) is 3.03. The molecular formula is C21H20N2O4. The fraction of sp³-hybridized carbons (Fsp3) is 0.238. The molecule has 138 valence electrons. The molecule has 0 saturated carbocycles. The minimum atomic E-state index is -0.167. The minimum absolute atomic E-state index is 0.167. The van der Waals surface area contributed by atoms with Gasteiger partial charge in [-0.1, -0.05) is 35.9 Å². The quantitative estimate of drug-likeness (QED) is 0.688. The zero-order valence-corrected chi connectivity index (χ0v) is 15.3. The fourth-order valence-corrected chi connectivity index (χ4v) is 3.03. The van der Waals surface area contributed by atoms with E-state index in [4.69, 9.17) is 13.9 Å².